The van der Waals surface area contributed by atoms with Gasteiger partial charge in [0.25, 0.3) is 0 Å². The van der Waals surface area contributed by atoms with E-state index in [1.807, 2.05) is 0 Å². The molecule has 2 atom stereocenters. The first-order valence-electron chi connectivity index (χ1n) is 6.00. The smallest absolute Gasteiger partial charge is 0.151 e. The van der Waals surface area contributed by atoms with Gasteiger partial charge in [-0.05, 0) is 25.7 Å². The molecule has 2 saturated carbocycles. The second-order valence-corrected chi connectivity index (χ2v) is 7.71. The summed E-state index contributed by atoms with van der Waals surface area (Å²) >= 11 is 0. The van der Waals surface area contributed by atoms with E-state index < -0.39 is 9.84 Å². The molecule has 0 radical (unpaired) electrons. The van der Waals surface area contributed by atoms with Crippen LogP contribution in [0.15, 0.2) is 0 Å². The van der Waals surface area contributed by atoms with E-state index in [9.17, 15) is 13.5 Å². The zero-order chi connectivity index (χ0) is 11.8. The van der Waals surface area contributed by atoms with Gasteiger partial charge in [-0.2, -0.15) is 0 Å². The molecular weight excluding hydrogens is 226 g/mol. The van der Waals surface area contributed by atoms with Crippen LogP contribution in [0.1, 0.15) is 32.1 Å². The SMILES string of the molecule is CS(=O)(=O)C1CCCC1NCC1(CO)CC1. The van der Waals surface area contributed by atoms with Gasteiger partial charge in [-0.25, -0.2) is 8.42 Å². The Morgan fingerprint density at radius 1 is 1.38 bits per heavy atom. The van der Waals surface area contributed by atoms with Crippen LogP contribution < -0.4 is 5.32 Å². The molecule has 0 aliphatic heterocycles. The lowest BCUT2D eigenvalue weighted by Crippen LogP contribution is -2.43. The van der Waals surface area contributed by atoms with Crippen LogP contribution >= 0.6 is 0 Å². The minimum atomic E-state index is -2.93. The molecular formula is C11H21NO3S. The molecule has 0 saturated heterocycles. The first-order chi connectivity index (χ1) is 7.47. The number of rotatable bonds is 5. The van der Waals surface area contributed by atoms with Crippen LogP contribution in [-0.2, 0) is 9.84 Å². The Bertz CT molecular complexity index is 348. The summed E-state index contributed by atoms with van der Waals surface area (Å²) in [6.45, 7) is 0.983. The van der Waals surface area contributed by atoms with Crippen molar-refractivity contribution in [3.63, 3.8) is 0 Å². The predicted molar refractivity (Wildman–Crippen MR) is 63.0 cm³/mol. The van der Waals surface area contributed by atoms with Gasteiger partial charge in [0.1, 0.15) is 0 Å². The summed E-state index contributed by atoms with van der Waals surface area (Å²) in [5.41, 5.74) is 0.0602. The van der Waals surface area contributed by atoms with Crippen molar-refractivity contribution in [2.45, 2.75) is 43.4 Å². The molecule has 2 N–H and O–H groups in total. The van der Waals surface area contributed by atoms with E-state index in [0.717, 1.165) is 38.6 Å². The van der Waals surface area contributed by atoms with Crippen molar-refractivity contribution >= 4 is 9.84 Å². The number of aliphatic hydroxyl groups is 1. The third kappa shape index (κ3) is 2.57. The summed E-state index contributed by atoms with van der Waals surface area (Å²) in [5.74, 6) is 0. The van der Waals surface area contributed by atoms with Crippen LogP contribution in [0.5, 0.6) is 0 Å². The molecule has 0 spiro atoms. The second kappa shape index (κ2) is 4.27. The molecule has 2 aliphatic rings. The van der Waals surface area contributed by atoms with Crippen LogP contribution in [0, 0.1) is 5.41 Å². The van der Waals surface area contributed by atoms with Gasteiger partial charge in [-0.15, -0.1) is 0 Å². The second-order valence-electron chi connectivity index (χ2n) is 5.44. The summed E-state index contributed by atoms with van der Waals surface area (Å²) < 4.78 is 23.1. The fourth-order valence-electron chi connectivity index (χ4n) is 2.59. The normalized spacial score (nSPS) is 32.9. The standard InChI is InChI=1S/C11H21NO3S/c1-16(14,15)10-4-2-3-9(10)12-7-11(8-13)5-6-11/h9-10,12-13H,2-8H2,1H3. The Morgan fingerprint density at radius 2 is 2.06 bits per heavy atom. The molecule has 0 aromatic heterocycles. The van der Waals surface area contributed by atoms with E-state index in [-0.39, 0.29) is 23.3 Å². The largest absolute Gasteiger partial charge is 0.396 e. The summed E-state index contributed by atoms with van der Waals surface area (Å²) in [7, 11) is -2.93. The number of nitrogens with one attached hydrogen (secondary N) is 1. The molecule has 0 heterocycles. The molecule has 2 unspecified atom stereocenters. The van der Waals surface area contributed by atoms with E-state index in [4.69, 9.17) is 0 Å². The van der Waals surface area contributed by atoms with Gasteiger partial charge in [-0.1, -0.05) is 6.42 Å². The van der Waals surface area contributed by atoms with Gasteiger partial charge in [-0.3, -0.25) is 0 Å². The number of hydrogen-bond donors (Lipinski definition) is 2. The monoisotopic (exact) mass is 247 g/mol. The highest BCUT2D eigenvalue weighted by molar-refractivity contribution is 7.91. The Balaban J connectivity index is 1.89. The Kier molecular flexibility index (Phi) is 3.29. The maximum absolute atomic E-state index is 11.6. The number of aliphatic hydroxyl groups excluding tert-OH is 1. The van der Waals surface area contributed by atoms with Gasteiger partial charge >= 0.3 is 0 Å². The summed E-state index contributed by atoms with van der Waals surface area (Å²) in [6, 6.07) is 0.0963. The van der Waals surface area contributed by atoms with E-state index in [1.54, 1.807) is 0 Å². The van der Waals surface area contributed by atoms with Crippen LogP contribution in [0.2, 0.25) is 0 Å². The molecule has 0 amide bonds. The molecule has 2 rings (SSSR count). The number of hydrogen-bond acceptors (Lipinski definition) is 4. The molecule has 0 aromatic carbocycles. The lowest BCUT2D eigenvalue weighted by molar-refractivity contribution is 0.204. The summed E-state index contributed by atoms with van der Waals surface area (Å²) in [6.07, 6.45) is 6.17. The average molecular weight is 247 g/mol. The average Bonchev–Trinajstić information content (AvgIpc) is 2.83. The van der Waals surface area contributed by atoms with Gasteiger partial charge in [0, 0.05) is 30.9 Å². The lowest BCUT2D eigenvalue weighted by Gasteiger charge is -2.22. The van der Waals surface area contributed by atoms with Crippen molar-refractivity contribution in [1.82, 2.24) is 5.32 Å². The Hall–Kier alpha value is -0.130. The Morgan fingerprint density at radius 3 is 2.56 bits per heavy atom. The van der Waals surface area contributed by atoms with Gasteiger partial charge in [0.2, 0.25) is 0 Å². The van der Waals surface area contributed by atoms with Crippen LogP contribution in [0.4, 0.5) is 0 Å². The van der Waals surface area contributed by atoms with E-state index in [2.05, 4.69) is 5.32 Å². The van der Waals surface area contributed by atoms with Crippen molar-refractivity contribution in [3.05, 3.63) is 0 Å². The quantitative estimate of drug-likeness (QED) is 0.734. The summed E-state index contributed by atoms with van der Waals surface area (Å²) in [4.78, 5) is 0. The zero-order valence-corrected chi connectivity index (χ0v) is 10.6. The molecule has 16 heavy (non-hydrogen) atoms. The van der Waals surface area contributed by atoms with Crippen molar-refractivity contribution in [3.8, 4) is 0 Å². The van der Waals surface area contributed by atoms with Crippen molar-refractivity contribution < 1.29 is 13.5 Å². The van der Waals surface area contributed by atoms with E-state index in [0.29, 0.717) is 0 Å². The molecule has 2 fully saturated rings. The maximum Gasteiger partial charge on any atom is 0.151 e. The van der Waals surface area contributed by atoms with Crippen molar-refractivity contribution in [1.29, 1.82) is 0 Å². The number of sulfone groups is 1. The highest BCUT2D eigenvalue weighted by Crippen LogP contribution is 2.44. The topological polar surface area (TPSA) is 66.4 Å². The third-order valence-corrected chi connectivity index (χ3v) is 5.70. The maximum atomic E-state index is 11.6. The minimum Gasteiger partial charge on any atom is -0.396 e. The van der Waals surface area contributed by atoms with Crippen molar-refractivity contribution in [2.24, 2.45) is 5.41 Å². The first-order valence-corrected chi connectivity index (χ1v) is 7.95. The van der Waals surface area contributed by atoms with Crippen LogP contribution in [0.25, 0.3) is 0 Å². The van der Waals surface area contributed by atoms with Gasteiger partial charge in [0.05, 0.1) is 5.25 Å². The first kappa shape index (κ1) is 12.3. The molecule has 2 aliphatic carbocycles. The lowest BCUT2D eigenvalue weighted by atomic mass is 10.1. The third-order valence-electron chi connectivity index (χ3n) is 4.03. The highest BCUT2D eigenvalue weighted by Gasteiger charge is 2.43. The molecule has 0 bridgehead atoms. The van der Waals surface area contributed by atoms with E-state index >= 15 is 0 Å². The molecule has 94 valence electrons. The van der Waals surface area contributed by atoms with Crippen molar-refractivity contribution in [2.75, 3.05) is 19.4 Å². The predicted octanol–water partition coefficient (Wildman–Crippen LogP) is 0.314. The minimum absolute atomic E-state index is 0.0602. The molecule has 5 heteroatoms. The highest BCUT2D eigenvalue weighted by atomic mass is 32.2. The fraction of sp³-hybridized carbons (Fsp3) is 1.00. The summed E-state index contributed by atoms with van der Waals surface area (Å²) in [5, 5.41) is 12.3. The Labute approximate surface area is 97.3 Å². The van der Waals surface area contributed by atoms with E-state index in [1.165, 1.54) is 6.26 Å². The van der Waals surface area contributed by atoms with Crippen LogP contribution in [-0.4, -0.2) is 44.2 Å². The van der Waals surface area contributed by atoms with Gasteiger partial charge < -0.3 is 10.4 Å². The van der Waals surface area contributed by atoms with Gasteiger partial charge in [0.15, 0.2) is 9.84 Å². The fourth-order valence-corrected chi connectivity index (χ4v) is 4.01. The zero-order valence-electron chi connectivity index (χ0n) is 9.78. The molecule has 0 aromatic rings. The van der Waals surface area contributed by atoms with Crippen LogP contribution in [0.3, 0.4) is 0 Å². The molecule has 4 nitrogen and oxygen atoms in total.